The molecule has 2 heterocycles. The minimum absolute atomic E-state index is 0.0920. The fraction of sp³-hybridized carbons (Fsp3) is 0.176. The van der Waals surface area contributed by atoms with E-state index in [1.54, 1.807) is 19.4 Å². The Labute approximate surface area is 138 Å². The van der Waals surface area contributed by atoms with Gasteiger partial charge in [0.05, 0.1) is 0 Å². The van der Waals surface area contributed by atoms with E-state index in [0.29, 0.717) is 10.7 Å². The van der Waals surface area contributed by atoms with Crippen molar-refractivity contribution in [1.29, 1.82) is 0 Å². The minimum Gasteiger partial charge on any atom is -0.286 e. The molecule has 3 rings (SSSR count). The zero-order chi connectivity index (χ0) is 16.4. The van der Waals surface area contributed by atoms with Crippen molar-refractivity contribution < 1.29 is 4.79 Å². The average Bonchev–Trinajstić information content (AvgIpc) is 3.03. The molecule has 0 bridgehead atoms. The normalized spacial score (nSPS) is 10.6. The highest BCUT2D eigenvalue weighted by atomic mass is 32.1. The maximum Gasteiger partial charge on any atom is 0.259 e. The van der Waals surface area contributed by atoms with E-state index < -0.39 is 0 Å². The Bertz CT molecular complexity index is 825. The monoisotopic (exact) mass is 324 g/mol. The molecule has 0 fully saturated rings. The van der Waals surface area contributed by atoms with Gasteiger partial charge >= 0.3 is 0 Å². The number of carbonyl (C=O) groups excluding carboxylic acids is 1. The average molecular weight is 324 g/mol. The number of nitrogens with zero attached hydrogens (tertiary/aromatic N) is 4. The highest BCUT2D eigenvalue weighted by Crippen LogP contribution is 2.28. The van der Waals surface area contributed by atoms with Crippen molar-refractivity contribution in [2.24, 2.45) is 0 Å². The lowest BCUT2D eigenvalue weighted by Gasteiger charge is -2.14. The standard InChI is InChI=1S/C17H16N4OS/c1-11-7-12(2)9-14(8-11)16(22)21(3)17-20-19-15(23-17)13-5-4-6-18-10-13/h4-10H,1-3H3. The van der Waals surface area contributed by atoms with Crippen LogP contribution in [0.4, 0.5) is 5.13 Å². The van der Waals surface area contributed by atoms with E-state index in [9.17, 15) is 4.79 Å². The number of pyridine rings is 1. The predicted octanol–water partition coefficient (Wildman–Crippen LogP) is 3.49. The van der Waals surface area contributed by atoms with Crippen molar-refractivity contribution in [1.82, 2.24) is 15.2 Å². The van der Waals surface area contributed by atoms with Crippen LogP contribution in [0.25, 0.3) is 10.6 Å². The highest BCUT2D eigenvalue weighted by Gasteiger charge is 2.18. The molecular formula is C17H16N4OS. The number of amides is 1. The van der Waals surface area contributed by atoms with Crippen LogP contribution in [0.1, 0.15) is 21.5 Å². The van der Waals surface area contributed by atoms with Crippen LogP contribution < -0.4 is 4.90 Å². The molecule has 0 aliphatic rings. The second kappa shape index (κ2) is 6.26. The lowest BCUT2D eigenvalue weighted by atomic mass is 10.1. The van der Waals surface area contributed by atoms with Gasteiger partial charge in [0.15, 0.2) is 5.01 Å². The Hall–Kier alpha value is -2.60. The summed E-state index contributed by atoms with van der Waals surface area (Å²) in [6, 6.07) is 9.58. The van der Waals surface area contributed by atoms with Crippen LogP contribution in [0.3, 0.4) is 0 Å². The maximum atomic E-state index is 12.6. The summed E-state index contributed by atoms with van der Waals surface area (Å²) < 4.78 is 0. The van der Waals surface area contributed by atoms with Crippen molar-refractivity contribution in [3.8, 4) is 10.6 Å². The van der Waals surface area contributed by atoms with Crippen molar-refractivity contribution in [3.05, 3.63) is 59.4 Å². The molecule has 0 radical (unpaired) electrons. The molecule has 5 nitrogen and oxygen atoms in total. The van der Waals surface area contributed by atoms with Gasteiger partial charge in [-0.1, -0.05) is 28.5 Å². The predicted molar refractivity (Wildman–Crippen MR) is 91.8 cm³/mol. The van der Waals surface area contributed by atoms with Crippen LogP contribution in [0.15, 0.2) is 42.7 Å². The van der Waals surface area contributed by atoms with E-state index in [4.69, 9.17) is 0 Å². The lowest BCUT2D eigenvalue weighted by Crippen LogP contribution is -2.26. The molecule has 1 amide bonds. The zero-order valence-electron chi connectivity index (χ0n) is 13.1. The second-order valence-electron chi connectivity index (χ2n) is 5.37. The molecule has 116 valence electrons. The summed E-state index contributed by atoms with van der Waals surface area (Å²) >= 11 is 1.37. The van der Waals surface area contributed by atoms with E-state index in [1.807, 2.05) is 44.2 Å². The van der Waals surface area contributed by atoms with Crippen molar-refractivity contribution >= 4 is 22.4 Å². The van der Waals surface area contributed by atoms with Gasteiger partial charge in [-0.15, -0.1) is 10.2 Å². The molecule has 1 aromatic carbocycles. The van der Waals surface area contributed by atoms with Gasteiger partial charge in [0.1, 0.15) is 0 Å². The Morgan fingerprint density at radius 3 is 2.52 bits per heavy atom. The zero-order valence-corrected chi connectivity index (χ0v) is 14.0. The van der Waals surface area contributed by atoms with E-state index in [0.717, 1.165) is 21.7 Å². The van der Waals surface area contributed by atoms with Gasteiger partial charge in [0.25, 0.3) is 5.91 Å². The fourth-order valence-electron chi connectivity index (χ4n) is 2.34. The van der Waals surface area contributed by atoms with Crippen LogP contribution in [0.2, 0.25) is 0 Å². The lowest BCUT2D eigenvalue weighted by molar-refractivity contribution is 0.0992. The van der Waals surface area contributed by atoms with Crippen LogP contribution >= 0.6 is 11.3 Å². The van der Waals surface area contributed by atoms with Crippen LogP contribution in [0, 0.1) is 13.8 Å². The molecular weight excluding hydrogens is 308 g/mol. The summed E-state index contributed by atoms with van der Waals surface area (Å²) in [5, 5.41) is 9.59. The topological polar surface area (TPSA) is 59.0 Å². The largest absolute Gasteiger partial charge is 0.286 e. The van der Waals surface area contributed by atoms with Crippen molar-refractivity contribution in [2.45, 2.75) is 13.8 Å². The first-order valence-corrected chi connectivity index (χ1v) is 7.96. The summed E-state index contributed by atoms with van der Waals surface area (Å²) in [7, 11) is 1.72. The van der Waals surface area contributed by atoms with Gasteiger partial charge in [0, 0.05) is 30.6 Å². The van der Waals surface area contributed by atoms with E-state index in [-0.39, 0.29) is 5.91 Å². The molecule has 0 aliphatic heterocycles. The van der Waals surface area contributed by atoms with Crippen LogP contribution in [-0.2, 0) is 0 Å². The number of carbonyl (C=O) groups is 1. The number of rotatable bonds is 3. The van der Waals surface area contributed by atoms with Crippen molar-refractivity contribution in [2.75, 3.05) is 11.9 Å². The van der Waals surface area contributed by atoms with Gasteiger partial charge in [-0.25, -0.2) is 0 Å². The Balaban J connectivity index is 1.87. The molecule has 2 aromatic heterocycles. The quantitative estimate of drug-likeness (QED) is 0.740. The maximum absolute atomic E-state index is 12.6. The first-order valence-electron chi connectivity index (χ1n) is 7.15. The number of aromatic nitrogens is 3. The molecule has 3 aromatic rings. The fourth-order valence-corrected chi connectivity index (χ4v) is 3.13. The number of benzene rings is 1. The van der Waals surface area contributed by atoms with E-state index in [1.165, 1.54) is 16.2 Å². The summed E-state index contributed by atoms with van der Waals surface area (Å²) in [5.74, 6) is -0.0920. The summed E-state index contributed by atoms with van der Waals surface area (Å²) in [4.78, 5) is 18.3. The molecule has 0 aliphatic carbocycles. The van der Waals surface area contributed by atoms with Crippen LogP contribution in [0.5, 0.6) is 0 Å². The van der Waals surface area contributed by atoms with E-state index in [2.05, 4.69) is 15.2 Å². The highest BCUT2D eigenvalue weighted by molar-refractivity contribution is 7.18. The smallest absolute Gasteiger partial charge is 0.259 e. The number of anilines is 1. The third-order valence-corrected chi connectivity index (χ3v) is 4.43. The Kier molecular flexibility index (Phi) is 4.16. The van der Waals surface area contributed by atoms with Gasteiger partial charge < -0.3 is 0 Å². The first-order chi connectivity index (χ1) is 11.0. The third-order valence-electron chi connectivity index (χ3n) is 3.38. The van der Waals surface area contributed by atoms with Crippen LogP contribution in [-0.4, -0.2) is 28.1 Å². The van der Waals surface area contributed by atoms with Gasteiger partial charge in [-0.3, -0.25) is 14.7 Å². The molecule has 0 N–H and O–H groups in total. The number of hydrogen-bond acceptors (Lipinski definition) is 5. The number of aryl methyl sites for hydroxylation is 2. The minimum atomic E-state index is -0.0920. The summed E-state index contributed by atoms with van der Waals surface area (Å²) in [6.45, 7) is 3.96. The molecule has 0 saturated heterocycles. The van der Waals surface area contributed by atoms with Gasteiger partial charge in [0.2, 0.25) is 5.13 Å². The molecule has 0 spiro atoms. The summed E-state index contributed by atoms with van der Waals surface area (Å²) in [6.07, 6.45) is 3.44. The van der Waals surface area contributed by atoms with Crippen molar-refractivity contribution in [3.63, 3.8) is 0 Å². The molecule has 23 heavy (non-hydrogen) atoms. The van der Waals surface area contributed by atoms with Gasteiger partial charge in [-0.05, 0) is 38.1 Å². The second-order valence-corrected chi connectivity index (χ2v) is 6.33. The van der Waals surface area contributed by atoms with E-state index >= 15 is 0 Å². The summed E-state index contributed by atoms with van der Waals surface area (Å²) in [5.41, 5.74) is 3.68. The SMILES string of the molecule is Cc1cc(C)cc(C(=O)N(C)c2nnc(-c3cccnc3)s2)c1. The first kappa shape index (κ1) is 15.3. The Morgan fingerprint density at radius 2 is 1.87 bits per heavy atom. The third kappa shape index (κ3) is 3.27. The molecule has 6 heteroatoms. The number of hydrogen-bond donors (Lipinski definition) is 0. The van der Waals surface area contributed by atoms with Gasteiger partial charge in [-0.2, -0.15) is 0 Å². The Morgan fingerprint density at radius 1 is 1.13 bits per heavy atom. The molecule has 0 unspecified atom stereocenters. The molecule has 0 atom stereocenters. The molecule has 0 saturated carbocycles.